The summed E-state index contributed by atoms with van der Waals surface area (Å²) in [6, 6.07) is 64.7. The van der Waals surface area contributed by atoms with Gasteiger partial charge in [-0.1, -0.05) is 206 Å². The molecule has 1 aliphatic rings. The van der Waals surface area contributed by atoms with E-state index in [0.717, 1.165) is 6.42 Å². The molecular weight excluding hydrogens is 613 g/mol. The summed E-state index contributed by atoms with van der Waals surface area (Å²) in [5.41, 5.74) is 0. The first-order valence-electron chi connectivity index (χ1n) is 14.6. The molecule has 6 aromatic carbocycles. The second-order valence-electron chi connectivity index (χ2n) is 9.78. The maximum atomic E-state index is 2.23. The Hall–Kier alpha value is -3.85. The summed E-state index contributed by atoms with van der Waals surface area (Å²) < 4.78 is 0. The molecule has 0 saturated heterocycles. The van der Waals surface area contributed by atoms with Crippen LogP contribution in [0.5, 0.6) is 0 Å². The average molecular weight is 649 g/mol. The van der Waals surface area contributed by atoms with Crippen LogP contribution >= 0.6 is 15.8 Å². The van der Waals surface area contributed by atoms with E-state index < -0.39 is 15.8 Å². The van der Waals surface area contributed by atoms with E-state index in [0.29, 0.717) is 0 Å². The monoisotopic (exact) mass is 648 g/mol. The van der Waals surface area contributed by atoms with Crippen molar-refractivity contribution in [2.45, 2.75) is 6.42 Å². The number of hydrogen-bond acceptors (Lipinski definition) is 0. The zero-order chi connectivity index (χ0) is 29.4. The van der Waals surface area contributed by atoms with Crippen molar-refractivity contribution in [1.29, 1.82) is 0 Å². The van der Waals surface area contributed by atoms with E-state index >= 15 is 0 Å². The van der Waals surface area contributed by atoms with E-state index in [1.165, 1.54) is 31.8 Å². The summed E-state index contributed by atoms with van der Waals surface area (Å²) in [7, 11) is -0.892. The van der Waals surface area contributed by atoms with Gasteiger partial charge in [0, 0.05) is 16.5 Å². The van der Waals surface area contributed by atoms with Gasteiger partial charge in [0.2, 0.25) is 0 Å². The third kappa shape index (κ3) is 9.84. The van der Waals surface area contributed by atoms with E-state index in [9.17, 15) is 0 Å². The Morgan fingerprint density at radius 2 is 0.455 bits per heavy atom. The maximum Gasteiger partial charge on any atom is 0 e. The maximum absolute atomic E-state index is 2.23. The first-order valence-corrected chi connectivity index (χ1v) is 17.3. The van der Waals surface area contributed by atoms with Crippen molar-refractivity contribution in [1.82, 2.24) is 0 Å². The molecule has 0 saturated carbocycles. The van der Waals surface area contributed by atoms with Gasteiger partial charge in [0.05, 0.1) is 0 Å². The van der Waals surface area contributed by atoms with Gasteiger partial charge in [-0.3, -0.25) is 0 Å². The minimum absolute atomic E-state index is 0. The van der Waals surface area contributed by atoms with E-state index in [1.54, 1.807) is 0 Å². The summed E-state index contributed by atoms with van der Waals surface area (Å²) in [5.74, 6) is 0. The number of allylic oxidation sites excluding steroid dienone is 4. The molecule has 0 heterocycles. The third-order valence-corrected chi connectivity index (χ3v) is 11.6. The normalized spacial score (nSPS) is 11.1. The molecule has 0 amide bonds. The molecule has 44 heavy (non-hydrogen) atoms. The van der Waals surface area contributed by atoms with Crippen molar-refractivity contribution >= 4 is 47.7 Å². The average Bonchev–Trinajstić information content (AvgIpc) is 3.69. The van der Waals surface area contributed by atoms with Crippen molar-refractivity contribution in [3.05, 3.63) is 206 Å². The minimum atomic E-state index is -0.446. The van der Waals surface area contributed by atoms with Crippen LogP contribution in [-0.4, -0.2) is 0 Å². The van der Waals surface area contributed by atoms with Gasteiger partial charge in [-0.05, 0) is 54.1 Å². The van der Waals surface area contributed by atoms with E-state index in [1.807, 2.05) is 0 Å². The molecular formula is C41H36NiP2. The van der Waals surface area contributed by atoms with Crippen molar-refractivity contribution in [2.75, 3.05) is 0 Å². The molecule has 0 nitrogen and oxygen atoms in total. The van der Waals surface area contributed by atoms with Gasteiger partial charge in [-0.15, -0.1) is 0 Å². The molecule has 0 atom stereocenters. The molecule has 0 N–H and O–H groups in total. The predicted molar refractivity (Wildman–Crippen MR) is 193 cm³/mol. The van der Waals surface area contributed by atoms with Gasteiger partial charge < -0.3 is 0 Å². The fourth-order valence-electron chi connectivity index (χ4n) is 4.75. The predicted octanol–water partition coefficient (Wildman–Crippen LogP) is 8.39. The SMILES string of the molecule is C1=CCC=C1.[Ni].c1ccc(P(c2ccccc2)c2ccccc2)cc1.c1ccc(P(c2ccccc2)c2ccccc2)cc1. The van der Waals surface area contributed by atoms with Crippen molar-refractivity contribution in [3.8, 4) is 0 Å². The van der Waals surface area contributed by atoms with Crippen LogP contribution in [0.4, 0.5) is 0 Å². The third-order valence-electron chi connectivity index (χ3n) is 6.74. The molecule has 3 heteroatoms. The van der Waals surface area contributed by atoms with E-state index in [4.69, 9.17) is 0 Å². The topological polar surface area (TPSA) is 0 Å². The molecule has 0 fully saturated rings. The van der Waals surface area contributed by atoms with Crippen LogP contribution in [0.3, 0.4) is 0 Å². The van der Waals surface area contributed by atoms with Gasteiger partial charge in [0.15, 0.2) is 0 Å². The number of hydrogen-bond donors (Lipinski definition) is 0. The molecule has 1 aliphatic carbocycles. The van der Waals surface area contributed by atoms with E-state index in [2.05, 4.69) is 206 Å². The second-order valence-corrected chi connectivity index (χ2v) is 14.2. The molecule has 0 spiro atoms. The van der Waals surface area contributed by atoms with Gasteiger partial charge in [-0.25, -0.2) is 0 Å². The van der Waals surface area contributed by atoms with Crippen LogP contribution in [-0.2, 0) is 16.5 Å². The summed E-state index contributed by atoms with van der Waals surface area (Å²) in [5, 5.41) is 8.39. The van der Waals surface area contributed by atoms with Crippen LogP contribution in [0.1, 0.15) is 6.42 Å². The molecule has 220 valence electrons. The van der Waals surface area contributed by atoms with Crippen LogP contribution in [0.15, 0.2) is 206 Å². The Morgan fingerprint density at radius 3 is 0.591 bits per heavy atom. The first-order chi connectivity index (χ1) is 21.4. The standard InChI is InChI=1S/2C18H15P.C5H6.Ni/c2*1-4-10-16(11-5-1)19(17-12-6-2-7-13-17)18-14-8-3-9-15-18;1-2-4-5-3-1;/h2*1-15H;1-4H,5H2;. The molecule has 7 rings (SSSR count). The number of rotatable bonds is 6. The summed E-state index contributed by atoms with van der Waals surface area (Å²) in [4.78, 5) is 0. The van der Waals surface area contributed by atoms with Gasteiger partial charge in [0.25, 0.3) is 0 Å². The van der Waals surface area contributed by atoms with Gasteiger partial charge >= 0.3 is 0 Å². The molecule has 0 radical (unpaired) electrons. The first kappa shape index (κ1) is 33.1. The van der Waals surface area contributed by atoms with Crippen LogP contribution in [0, 0.1) is 0 Å². The molecule has 6 aromatic rings. The number of benzene rings is 6. The molecule has 0 aliphatic heterocycles. The Balaban J connectivity index is 0.000000170. The van der Waals surface area contributed by atoms with Gasteiger partial charge in [-0.2, -0.15) is 0 Å². The van der Waals surface area contributed by atoms with Gasteiger partial charge in [0.1, 0.15) is 0 Å². The molecule has 0 aromatic heterocycles. The summed E-state index contributed by atoms with van der Waals surface area (Å²) in [6.45, 7) is 0. The van der Waals surface area contributed by atoms with Crippen LogP contribution in [0.25, 0.3) is 0 Å². The Bertz CT molecular complexity index is 1340. The largest absolute Gasteiger partial charge is 0.0808 e. The smallest absolute Gasteiger partial charge is 0 e. The molecule has 0 bridgehead atoms. The van der Waals surface area contributed by atoms with Crippen LogP contribution < -0.4 is 31.8 Å². The minimum Gasteiger partial charge on any atom is -0.0808 e. The van der Waals surface area contributed by atoms with Crippen molar-refractivity contribution in [3.63, 3.8) is 0 Å². The second kappa shape index (κ2) is 18.7. The molecule has 0 unspecified atom stereocenters. The quantitative estimate of drug-likeness (QED) is 0.126. The van der Waals surface area contributed by atoms with Crippen molar-refractivity contribution in [2.24, 2.45) is 0 Å². The Morgan fingerprint density at radius 1 is 0.273 bits per heavy atom. The zero-order valence-corrected chi connectivity index (χ0v) is 27.3. The summed E-state index contributed by atoms with van der Waals surface area (Å²) >= 11 is 0. The van der Waals surface area contributed by atoms with Crippen molar-refractivity contribution < 1.29 is 16.5 Å². The van der Waals surface area contributed by atoms with E-state index in [-0.39, 0.29) is 16.5 Å². The Labute approximate surface area is 275 Å². The van der Waals surface area contributed by atoms with Crippen LogP contribution in [0.2, 0.25) is 0 Å². The Kier molecular flexibility index (Phi) is 14.1. The zero-order valence-electron chi connectivity index (χ0n) is 24.5. The summed E-state index contributed by atoms with van der Waals surface area (Å²) in [6.07, 6.45) is 9.50. The fourth-order valence-corrected chi connectivity index (χ4v) is 9.36. The fraction of sp³-hybridized carbons (Fsp3) is 0.0244.